The van der Waals surface area contributed by atoms with E-state index in [1.165, 1.54) is 12.8 Å². The molecule has 1 aromatic heterocycles. The fourth-order valence-corrected chi connectivity index (χ4v) is 1.42. The molecule has 0 fully saturated rings. The third kappa shape index (κ3) is 2.49. The second-order valence-corrected chi connectivity index (χ2v) is 3.50. The van der Waals surface area contributed by atoms with Crippen LogP contribution in [-0.2, 0) is 0 Å². The fraction of sp³-hybridized carbons (Fsp3) is 0.417. The molecule has 15 heavy (non-hydrogen) atoms. The van der Waals surface area contributed by atoms with E-state index in [0.717, 1.165) is 17.5 Å². The molecule has 0 saturated carbocycles. The normalized spacial score (nSPS) is 10.7. The van der Waals surface area contributed by atoms with E-state index >= 15 is 0 Å². The van der Waals surface area contributed by atoms with Crippen LogP contribution in [0.25, 0.3) is 11.1 Å². The van der Waals surface area contributed by atoms with Crippen LogP contribution >= 0.6 is 0 Å². The van der Waals surface area contributed by atoms with E-state index in [2.05, 4.69) is 11.9 Å². The molecule has 0 saturated heterocycles. The van der Waals surface area contributed by atoms with Crippen molar-refractivity contribution in [2.24, 2.45) is 0 Å². The van der Waals surface area contributed by atoms with Crippen LogP contribution in [0.4, 0.5) is 0 Å². The third-order valence-electron chi connectivity index (χ3n) is 2.25. The van der Waals surface area contributed by atoms with E-state index in [4.69, 9.17) is 9.15 Å². The number of nitrogens with zero attached hydrogens (tertiary/aromatic N) is 1. The molecule has 2 aromatic rings. The van der Waals surface area contributed by atoms with Gasteiger partial charge in [-0.2, -0.15) is 4.98 Å². The SMILES string of the molecule is CCCCCOc1nc2ccccc2o1. The van der Waals surface area contributed by atoms with Crippen LogP contribution in [0.5, 0.6) is 6.08 Å². The minimum atomic E-state index is 0.382. The fourth-order valence-electron chi connectivity index (χ4n) is 1.42. The van der Waals surface area contributed by atoms with Crippen LogP contribution in [-0.4, -0.2) is 11.6 Å². The van der Waals surface area contributed by atoms with Gasteiger partial charge in [0.05, 0.1) is 6.61 Å². The van der Waals surface area contributed by atoms with Gasteiger partial charge in [0.1, 0.15) is 5.52 Å². The largest absolute Gasteiger partial charge is 0.450 e. The number of rotatable bonds is 5. The zero-order valence-corrected chi connectivity index (χ0v) is 8.90. The number of oxazole rings is 1. The molecule has 0 radical (unpaired) electrons. The summed E-state index contributed by atoms with van der Waals surface area (Å²) in [5.74, 6) is 0. The highest BCUT2D eigenvalue weighted by molar-refractivity contribution is 5.72. The molecule has 3 nitrogen and oxygen atoms in total. The molecule has 0 amide bonds. The topological polar surface area (TPSA) is 35.3 Å². The lowest BCUT2D eigenvalue weighted by atomic mass is 10.3. The summed E-state index contributed by atoms with van der Waals surface area (Å²) in [7, 11) is 0. The van der Waals surface area contributed by atoms with Gasteiger partial charge in [-0.25, -0.2) is 0 Å². The van der Waals surface area contributed by atoms with Gasteiger partial charge < -0.3 is 9.15 Å². The predicted molar refractivity (Wildman–Crippen MR) is 59.0 cm³/mol. The summed E-state index contributed by atoms with van der Waals surface area (Å²) < 4.78 is 10.8. The number of benzene rings is 1. The first-order valence-corrected chi connectivity index (χ1v) is 5.38. The van der Waals surface area contributed by atoms with Crippen LogP contribution in [0.15, 0.2) is 28.7 Å². The summed E-state index contributed by atoms with van der Waals surface area (Å²) in [6.07, 6.45) is 3.80. The van der Waals surface area contributed by atoms with Gasteiger partial charge in [-0.05, 0) is 18.6 Å². The van der Waals surface area contributed by atoms with Crippen molar-refractivity contribution in [2.45, 2.75) is 26.2 Å². The molecule has 0 spiro atoms. The molecule has 0 aliphatic rings. The number of fused-ring (bicyclic) bond motifs is 1. The van der Waals surface area contributed by atoms with Crippen molar-refractivity contribution < 1.29 is 9.15 Å². The lowest BCUT2D eigenvalue weighted by molar-refractivity contribution is 0.231. The highest BCUT2D eigenvalue weighted by Gasteiger charge is 2.04. The Bertz CT molecular complexity index is 389. The van der Waals surface area contributed by atoms with Gasteiger partial charge in [-0.1, -0.05) is 31.9 Å². The number of hydrogen-bond acceptors (Lipinski definition) is 3. The van der Waals surface area contributed by atoms with Gasteiger partial charge in [0.15, 0.2) is 5.58 Å². The first-order chi connectivity index (χ1) is 7.40. The van der Waals surface area contributed by atoms with Crippen LogP contribution in [0.1, 0.15) is 26.2 Å². The quantitative estimate of drug-likeness (QED) is 0.702. The molecule has 0 bridgehead atoms. The van der Waals surface area contributed by atoms with Crippen LogP contribution in [0.3, 0.4) is 0 Å². The molecular weight excluding hydrogens is 190 g/mol. The molecule has 80 valence electrons. The highest BCUT2D eigenvalue weighted by atomic mass is 16.6. The molecule has 1 aromatic carbocycles. The Kier molecular flexibility index (Phi) is 3.22. The van der Waals surface area contributed by atoms with Crippen molar-refractivity contribution in [3.8, 4) is 6.08 Å². The van der Waals surface area contributed by atoms with Gasteiger partial charge in [0, 0.05) is 0 Å². The Hall–Kier alpha value is -1.51. The van der Waals surface area contributed by atoms with Crippen LogP contribution in [0, 0.1) is 0 Å². The van der Waals surface area contributed by atoms with E-state index in [9.17, 15) is 0 Å². The molecule has 0 atom stereocenters. The zero-order valence-electron chi connectivity index (χ0n) is 8.90. The molecule has 0 aliphatic carbocycles. The summed E-state index contributed by atoms with van der Waals surface area (Å²) in [6, 6.07) is 7.67. The number of ether oxygens (including phenoxy) is 1. The lowest BCUT2D eigenvalue weighted by Crippen LogP contribution is -1.96. The maximum Gasteiger partial charge on any atom is 0.394 e. The smallest absolute Gasteiger partial charge is 0.394 e. The Labute approximate surface area is 89.1 Å². The number of unbranched alkanes of at least 4 members (excludes halogenated alkanes) is 2. The minimum absolute atomic E-state index is 0.382. The third-order valence-corrected chi connectivity index (χ3v) is 2.25. The standard InChI is InChI=1S/C12H15NO2/c1-2-3-6-9-14-12-13-10-7-4-5-8-11(10)15-12/h4-5,7-8H,2-3,6,9H2,1H3. The lowest BCUT2D eigenvalue weighted by Gasteiger charge is -1.98. The van der Waals surface area contributed by atoms with Crippen LogP contribution < -0.4 is 4.74 Å². The Morgan fingerprint density at radius 1 is 1.27 bits per heavy atom. The van der Waals surface area contributed by atoms with E-state index in [0.29, 0.717) is 12.7 Å². The van der Waals surface area contributed by atoms with Gasteiger partial charge in [-0.15, -0.1) is 0 Å². The summed E-state index contributed by atoms with van der Waals surface area (Å²) in [5, 5.41) is 0. The minimum Gasteiger partial charge on any atom is -0.450 e. The molecule has 3 heteroatoms. The Morgan fingerprint density at radius 2 is 2.13 bits per heavy atom. The van der Waals surface area contributed by atoms with E-state index in [1.807, 2.05) is 24.3 Å². The summed E-state index contributed by atoms with van der Waals surface area (Å²) in [4.78, 5) is 4.22. The number of para-hydroxylation sites is 2. The predicted octanol–water partition coefficient (Wildman–Crippen LogP) is 3.40. The maximum atomic E-state index is 5.42. The molecule has 0 unspecified atom stereocenters. The second-order valence-electron chi connectivity index (χ2n) is 3.50. The van der Waals surface area contributed by atoms with Gasteiger partial charge >= 0.3 is 6.08 Å². The van der Waals surface area contributed by atoms with Crippen LogP contribution in [0.2, 0.25) is 0 Å². The first kappa shape index (κ1) is 10.0. The summed E-state index contributed by atoms with van der Waals surface area (Å²) >= 11 is 0. The van der Waals surface area contributed by atoms with Crippen molar-refractivity contribution in [1.82, 2.24) is 4.98 Å². The Balaban J connectivity index is 1.97. The van der Waals surface area contributed by atoms with E-state index in [-0.39, 0.29) is 0 Å². The van der Waals surface area contributed by atoms with E-state index in [1.54, 1.807) is 0 Å². The second kappa shape index (κ2) is 4.82. The Morgan fingerprint density at radius 3 is 2.93 bits per heavy atom. The molecular formula is C12H15NO2. The van der Waals surface area contributed by atoms with Gasteiger partial charge in [-0.3, -0.25) is 0 Å². The molecule has 0 aliphatic heterocycles. The summed E-state index contributed by atoms with van der Waals surface area (Å²) in [6.45, 7) is 2.85. The van der Waals surface area contributed by atoms with Gasteiger partial charge in [0.25, 0.3) is 0 Å². The van der Waals surface area contributed by atoms with Crippen molar-refractivity contribution >= 4 is 11.1 Å². The average Bonchev–Trinajstić information content (AvgIpc) is 2.67. The molecule has 2 rings (SSSR count). The van der Waals surface area contributed by atoms with E-state index < -0.39 is 0 Å². The molecule has 1 heterocycles. The maximum absolute atomic E-state index is 5.42. The first-order valence-electron chi connectivity index (χ1n) is 5.38. The molecule has 0 N–H and O–H groups in total. The average molecular weight is 205 g/mol. The van der Waals surface area contributed by atoms with Gasteiger partial charge in [0.2, 0.25) is 0 Å². The van der Waals surface area contributed by atoms with Crippen molar-refractivity contribution in [3.05, 3.63) is 24.3 Å². The number of hydrogen-bond donors (Lipinski definition) is 0. The zero-order chi connectivity index (χ0) is 10.5. The summed E-state index contributed by atoms with van der Waals surface area (Å²) in [5.41, 5.74) is 1.63. The van der Waals surface area contributed by atoms with Crippen molar-refractivity contribution in [3.63, 3.8) is 0 Å². The van der Waals surface area contributed by atoms with Crippen molar-refractivity contribution in [1.29, 1.82) is 0 Å². The number of aromatic nitrogens is 1. The van der Waals surface area contributed by atoms with Crippen molar-refractivity contribution in [2.75, 3.05) is 6.61 Å². The monoisotopic (exact) mass is 205 g/mol. The highest BCUT2D eigenvalue weighted by Crippen LogP contribution is 2.19.